The lowest BCUT2D eigenvalue weighted by Crippen LogP contribution is -2.31. The number of anilines is 1. The van der Waals surface area contributed by atoms with Crippen molar-refractivity contribution in [3.05, 3.63) is 87.9 Å². The van der Waals surface area contributed by atoms with Gasteiger partial charge in [0, 0.05) is 22.2 Å². The second-order valence-electron chi connectivity index (χ2n) is 7.29. The maximum Gasteiger partial charge on any atom is 0.407 e. The third-order valence-electron chi connectivity index (χ3n) is 5.37. The highest BCUT2D eigenvalue weighted by Crippen LogP contribution is 2.44. The van der Waals surface area contributed by atoms with E-state index in [0.29, 0.717) is 10.6 Å². The number of hydrogen-bond acceptors (Lipinski definition) is 4. The fourth-order valence-corrected chi connectivity index (χ4v) is 4.01. The van der Waals surface area contributed by atoms with Gasteiger partial charge in [0.25, 0.3) is 0 Å². The van der Waals surface area contributed by atoms with Gasteiger partial charge in [-0.25, -0.2) is 4.79 Å². The molecule has 0 heterocycles. The minimum atomic E-state index is -0.644. The molecular formula is C24H21ClN2O3. The Hall–Kier alpha value is -3.31. The number of ether oxygens (including phenoxy) is 1. The number of nitrogens with two attached hydrogens (primary N) is 1. The van der Waals surface area contributed by atoms with Crippen molar-refractivity contribution in [1.82, 2.24) is 5.32 Å². The highest BCUT2D eigenvalue weighted by molar-refractivity contribution is 6.31. The number of Topliss-reactive ketones (excluding diaryl/α,β-unsaturated/α-hetero) is 1. The predicted molar refractivity (Wildman–Crippen MR) is 118 cm³/mol. The molecule has 4 rings (SSSR count). The summed E-state index contributed by atoms with van der Waals surface area (Å²) in [4.78, 5) is 24.7. The van der Waals surface area contributed by atoms with Crippen molar-refractivity contribution in [3.63, 3.8) is 0 Å². The minimum Gasteiger partial charge on any atom is -0.449 e. The molecule has 1 aliphatic rings. The summed E-state index contributed by atoms with van der Waals surface area (Å²) < 4.78 is 5.44. The van der Waals surface area contributed by atoms with Crippen molar-refractivity contribution in [2.24, 2.45) is 0 Å². The van der Waals surface area contributed by atoms with E-state index < -0.39 is 6.09 Å². The van der Waals surface area contributed by atoms with Gasteiger partial charge in [0.05, 0.1) is 6.54 Å². The molecule has 0 unspecified atom stereocenters. The van der Waals surface area contributed by atoms with Crippen molar-refractivity contribution < 1.29 is 14.3 Å². The van der Waals surface area contributed by atoms with Crippen LogP contribution in [0.25, 0.3) is 11.1 Å². The maximum absolute atomic E-state index is 12.4. The van der Waals surface area contributed by atoms with E-state index in [-0.39, 0.29) is 30.5 Å². The molecule has 0 aliphatic heterocycles. The molecule has 0 radical (unpaired) electrons. The SMILES string of the molecule is Cc1cc(C(=O)CNC(=O)OCC2c3ccccc3-c3ccccc32)c(N)cc1Cl. The molecule has 0 aromatic heterocycles. The second-order valence-corrected chi connectivity index (χ2v) is 7.70. The third-order valence-corrected chi connectivity index (χ3v) is 5.78. The van der Waals surface area contributed by atoms with Crippen molar-refractivity contribution in [2.45, 2.75) is 12.8 Å². The molecule has 0 saturated carbocycles. The molecule has 0 bridgehead atoms. The highest BCUT2D eigenvalue weighted by atomic mass is 35.5. The Labute approximate surface area is 179 Å². The summed E-state index contributed by atoms with van der Waals surface area (Å²) in [6, 6.07) is 19.4. The number of nitrogen functional groups attached to an aromatic ring is 1. The van der Waals surface area contributed by atoms with Crippen LogP contribution in [0.5, 0.6) is 0 Å². The Bertz CT molecular complexity index is 1100. The van der Waals surface area contributed by atoms with Crippen LogP contribution in [0.3, 0.4) is 0 Å². The number of carbonyl (C=O) groups is 2. The van der Waals surface area contributed by atoms with Crippen LogP contribution in [-0.2, 0) is 4.74 Å². The van der Waals surface area contributed by atoms with Gasteiger partial charge >= 0.3 is 6.09 Å². The van der Waals surface area contributed by atoms with Gasteiger partial charge in [0.2, 0.25) is 0 Å². The largest absolute Gasteiger partial charge is 0.449 e. The zero-order chi connectivity index (χ0) is 21.3. The molecule has 3 aromatic carbocycles. The van der Waals surface area contributed by atoms with E-state index in [1.54, 1.807) is 13.0 Å². The van der Waals surface area contributed by atoms with Gasteiger partial charge in [-0.05, 0) is 46.9 Å². The van der Waals surface area contributed by atoms with Gasteiger partial charge < -0.3 is 15.8 Å². The number of nitrogens with one attached hydrogen (secondary N) is 1. The molecule has 0 atom stereocenters. The summed E-state index contributed by atoms with van der Waals surface area (Å²) in [6.07, 6.45) is -0.644. The Kier molecular flexibility index (Phi) is 5.46. The van der Waals surface area contributed by atoms with Crippen LogP contribution in [0.15, 0.2) is 60.7 Å². The van der Waals surface area contributed by atoms with Gasteiger partial charge in [-0.2, -0.15) is 0 Å². The smallest absolute Gasteiger partial charge is 0.407 e. The fourth-order valence-electron chi connectivity index (χ4n) is 3.84. The van der Waals surface area contributed by atoms with Crippen molar-refractivity contribution in [2.75, 3.05) is 18.9 Å². The Morgan fingerprint density at radius 2 is 1.63 bits per heavy atom. The Morgan fingerprint density at radius 1 is 1.03 bits per heavy atom. The number of carbonyl (C=O) groups excluding carboxylic acids is 2. The first-order valence-corrected chi connectivity index (χ1v) is 10.0. The molecule has 1 amide bonds. The van der Waals surface area contributed by atoms with Crippen LogP contribution in [-0.4, -0.2) is 25.0 Å². The summed E-state index contributed by atoms with van der Waals surface area (Å²) in [5, 5.41) is 3.01. The van der Waals surface area contributed by atoms with Gasteiger partial charge in [0.15, 0.2) is 5.78 Å². The number of ketones is 1. The molecule has 0 saturated heterocycles. The summed E-state index contributed by atoms with van der Waals surface area (Å²) in [5.74, 6) is -0.339. The van der Waals surface area contributed by atoms with Crippen LogP contribution in [0.1, 0.15) is 33.0 Å². The molecule has 1 aliphatic carbocycles. The quantitative estimate of drug-likeness (QED) is 0.452. The molecule has 30 heavy (non-hydrogen) atoms. The van der Waals surface area contributed by atoms with Gasteiger partial charge in [-0.1, -0.05) is 60.1 Å². The lowest BCUT2D eigenvalue weighted by atomic mass is 9.98. The predicted octanol–water partition coefficient (Wildman–Crippen LogP) is 4.95. The summed E-state index contributed by atoms with van der Waals surface area (Å²) in [7, 11) is 0. The second kappa shape index (κ2) is 8.20. The number of benzene rings is 3. The molecule has 0 spiro atoms. The standard InChI is InChI=1S/C24H21ClN2O3/c1-14-10-19(22(26)11-21(14)25)23(28)12-27-24(29)30-13-20-17-8-4-2-6-15(17)16-7-3-5-9-18(16)20/h2-11,20H,12-13,26H2,1H3,(H,27,29). The lowest BCUT2D eigenvalue weighted by molar-refractivity contribution is 0.0976. The maximum atomic E-state index is 12.4. The van der Waals surface area contributed by atoms with E-state index in [1.807, 2.05) is 24.3 Å². The number of fused-ring (bicyclic) bond motifs is 3. The first-order valence-electron chi connectivity index (χ1n) is 9.63. The van der Waals surface area contributed by atoms with Crippen LogP contribution >= 0.6 is 11.6 Å². The normalized spacial score (nSPS) is 12.2. The minimum absolute atomic E-state index is 0.0339. The third kappa shape index (κ3) is 3.76. The Morgan fingerprint density at radius 3 is 2.27 bits per heavy atom. The van der Waals surface area contributed by atoms with Crippen LogP contribution in [0.2, 0.25) is 5.02 Å². The van der Waals surface area contributed by atoms with Crippen LogP contribution in [0, 0.1) is 6.92 Å². The van der Waals surface area contributed by atoms with Crippen molar-refractivity contribution in [1.29, 1.82) is 0 Å². The average molecular weight is 421 g/mol. The number of halogens is 1. The summed E-state index contributed by atoms with van der Waals surface area (Å²) in [5.41, 5.74) is 11.8. The number of alkyl carbamates (subject to hydrolysis) is 1. The number of hydrogen-bond donors (Lipinski definition) is 2. The molecule has 3 aromatic rings. The molecule has 3 N–H and O–H groups in total. The van der Waals surface area contributed by atoms with E-state index in [1.165, 1.54) is 6.07 Å². The summed E-state index contributed by atoms with van der Waals surface area (Å²) in [6.45, 7) is 1.77. The number of rotatable bonds is 5. The van der Waals surface area contributed by atoms with Gasteiger partial charge in [0.1, 0.15) is 6.61 Å². The van der Waals surface area contributed by atoms with Crippen molar-refractivity contribution in [3.8, 4) is 11.1 Å². The lowest BCUT2D eigenvalue weighted by Gasteiger charge is -2.14. The highest BCUT2D eigenvalue weighted by Gasteiger charge is 2.29. The topological polar surface area (TPSA) is 81.4 Å². The fraction of sp³-hybridized carbons (Fsp3) is 0.167. The Balaban J connectivity index is 1.39. The summed E-state index contributed by atoms with van der Waals surface area (Å²) >= 11 is 6.01. The molecule has 5 nitrogen and oxygen atoms in total. The molecule has 152 valence electrons. The van der Waals surface area contributed by atoms with Gasteiger partial charge in [-0.15, -0.1) is 0 Å². The zero-order valence-corrected chi connectivity index (χ0v) is 17.2. The number of aryl methyl sites for hydroxylation is 1. The van der Waals surface area contributed by atoms with Gasteiger partial charge in [-0.3, -0.25) is 4.79 Å². The first-order chi connectivity index (χ1) is 14.5. The van der Waals surface area contributed by atoms with Crippen LogP contribution < -0.4 is 11.1 Å². The van der Waals surface area contributed by atoms with E-state index in [2.05, 4.69) is 29.6 Å². The van der Waals surface area contributed by atoms with Crippen LogP contribution in [0.4, 0.5) is 10.5 Å². The van der Waals surface area contributed by atoms with E-state index in [0.717, 1.165) is 27.8 Å². The van der Waals surface area contributed by atoms with E-state index >= 15 is 0 Å². The molecular weight excluding hydrogens is 400 g/mol. The number of amides is 1. The molecule has 6 heteroatoms. The van der Waals surface area contributed by atoms with E-state index in [4.69, 9.17) is 22.1 Å². The molecule has 0 fully saturated rings. The monoisotopic (exact) mass is 420 g/mol. The average Bonchev–Trinajstić information content (AvgIpc) is 3.07. The first kappa shape index (κ1) is 20.0. The zero-order valence-electron chi connectivity index (χ0n) is 16.4. The van der Waals surface area contributed by atoms with Crippen molar-refractivity contribution >= 4 is 29.2 Å². The van der Waals surface area contributed by atoms with E-state index in [9.17, 15) is 9.59 Å².